The van der Waals surface area contributed by atoms with Crippen LogP contribution in [-0.2, 0) is 16.0 Å². The Morgan fingerprint density at radius 1 is 0.839 bits per heavy atom. The van der Waals surface area contributed by atoms with Crippen molar-refractivity contribution in [3.05, 3.63) is 53.8 Å². The average molecular weight is 423 g/mol. The minimum Gasteiger partial charge on any atom is -0.378 e. The summed E-state index contributed by atoms with van der Waals surface area (Å²) in [5, 5.41) is 3.39. The molecule has 2 fully saturated rings. The van der Waals surface area contributed by atoms with Gasteiger partial charge in [-0.05, 0) is 29.8 Å². The summed E-state index contributed by atoms with van der Waals surface area (Å²) in [6.45, 7) is 6.03. The van der Waals surface area contributed by atoms with E-state index in [2.05, 4.69) is 10.2 Å². The predicted octanol–water partition coefficient (Wildman–Crippen LogP) is 3.05. The number of fused-ring (bicyclic) bond motifs is 1. The van der Waals surface area contributed by atoms with Gasteiger partial charge in [-0.25, -0.2) is 14.4 Å². The van der Waals surface area contributed by atoms with Crippen molar-refractivity contribution in [2.45, 2.75) is 6.54 Å². The van der Waals surface area contributed by atoms with Crippen molar-refractivity contribution in [3.63, 3.8) is 0 Å². The van der Waals surface area contributed by atoms with Crippen LogP contribution < -0.4 is 15.1 Å². The first-order valence-electron chi connectivity index (χ1n) is 10.7. The lowest BCUT2D eigenvalue weighted by Gasteiger charge is -2.29. The average Bonchev–Trinajstić information content (AvgIpc) is 2.83. The van der Waals surface area contributed by atoms with Crippen LogP contribution in [0.25, 0.3) is 11.0 Å². The number of rotatable bonds is 5. The molecule has 2 saturated heterocycles. The monoisotopic (exact) mass is 423 g/mol. The second-order valence-electron chi connectivity index (χ2n) is 7.72. The van der Waals surface area contributed by atoms with E-state index < -0.39 is 0 Å². The van der Waals surface area contributed by atoms with Gasteiger partial charge in [0.15, 0.2) is 11.6 Å². The van der Waals surface area contributed by atoms with Crippen molar-refractivity contribution in [2.75, 3.05) is 67.7 Å². The Kier molecular flexibility index (Phi) is 5.82. The van der Waals surface area contributed by atoms with Crippen molar-refractivity contribution >= 4 is 28.4 Å². The fourth-order valence-electron chi connectivity index (χ4n) is 4.01. The van der Waals surface area contributed by atoms with Gasteiger partial charge in [-0.3, -0.25) is 0 Å². The molecule has 3 heterocycles. The third-order valence-electron chi connectivity index (χ3n) is 5.69. The van der Waals surface area contributed by atoms with Crippen LogP contribution in [0.3, 0.4) is 0 Å². The summed E-state index contributed by atoms with van der Waals surface area (Å²) in [6, 6.07) is 13.3. The van der Waals surface area contributed by atoms with E-state index in [9.17, 15) is 4.39 Å². The van der Waals surface area contributed by atoms with Gasteiger partial charge in [0, 0.05) is 32.7 Å². The van der Waals surface area contributed by atoms with Crippen molar-refractivity contribution in [1.29, 1.82) is 0 Å². The Morgan fingerprint density at radius 3 is 2.16 bits per heavy atom. The van der Waals surface area contributed by atoms with Crippen LogP contribution in [0.15, 0.2) is 42.5 Å². The molecule has 1 N–H and O–H groups in total. The molecule has 31 heavy (non-hydrogen) atoms. The third kappa shape index (κ3) is 4.40. The van der Waals surface area contributed by atoms with E-state index >= 15 is 0 Å². The molecule has 5 rings (SSSR count). The van der Waals surface area contributed by atoms with E-state index in [0.29, 0.717) is 57.6 Å². The maximum absolute atomic E-state index is 14.8. The summed E-state index contributed by atoms with van der Waals surface area (Å²) in [5.74, 6) is 1.31. The first kappa shape index (κ1) is 20.0. The standard InChI is InChI=1S/C23H26FN5O2/c24-18-15-17(5-6-21(18)28-7-11-30-12-8-28)16-25-22-23(29-9-13-31-14-10-29)27-20-4-2-1-3-19(20)26-22/h1-6,15H,7-14,16H2,(H,25,26). The second kappa shape index (κ2) is 9.03. The number of nitrogens with one attached hydrogen (secondary N) is 1. The molecule has 7 nitrogen and oxygen atoms in total. The Bertz CT molecular complexity index is 1050. The molecule has 1 aromatic heterocycles. The normalized spacial score (nSPS) is 17.2. The Balaban J connectivity index is 1.37. The molecule has 0 bridgehead atoms. The van der Waals surface area contributed by atoms with E-state index in [1.54, 1.807) is 6.07 Å². The lowest BCUT2D eigenvalue weighted by molar-refractivity contribution is 0.122. The number of nitrogens with zero attached hydrogens (tertiary/aromatic N) is 4. The molecule has 0 radical (unpaired) electrons. The van der Waals surface area contributed by atoms with Gasteiger partial charge in [0.2, 0.25) is 0 Å². The van der Waals surface area contributed by atoms with Crippen LogP contribution in [-0.4, -0.2) is 62.6 Å². The minimum absolute atomic E-state index is 0.209. The number of benzene rings is 2. The van der Waals surface area contributed by atoms with E-state index in [1.807, 2.05) is 41.3 Å². The van der Waals surface area contributed by atoms with E-state index in [1.165, 1.54) is 0 Å². The van der Waals surface area contributed by atoms with Crippen LogP contribution in [0, 0.1) is 5.82 Å². The number of hydrogen-bond donors (Lipinski definition) is 1. The first-order valence-corrected chi connectivity index (χ1v) is 10.7. The van der Waals surface area contributed by atoms with Crippen LogP contribution in [0.2, 0.25) is 0 Å². The van der Waals surface area contributed by atoms with Crippen LogP contribution in [0.1, 0.15) is 5.56 Å². The smallest absolute Gasteiger partial charge is 0.172 e. The summed E-state index contributed by atoms with van der Waals surface area (Å²) in [7, 11) is 0. The number of hydrogen-bond acceptors (Lipinski definition) is 7. The molecule has 0 unspecified atom stereocenters. The van der Waals surface area contributed by atoms with Gasteiger partial charge in [0.05, 0.1) is 43.1 Å². The lowest BCUT2D eigenvalue weighted by atomic mass is 10.1. The van der Waals surface area contributed by atoms with Crippen molar-refractivity contribution < 1.29 is 13.9 Å². The zero-order valence-corrected chi connectivity index (χ0v) is 17.4. The first-order chi connectivity index (χ1) is 15.3. The molecule has 8 heteroatoms. The van der Waals surface area contributed by atoms with Crippen molar-refractivity contribution in [2.24, 2.45) is 0 Å². The van der Waals surface area contributed by atoms with Gasteiger partial charge in [-0.1, -0.05) is 18.2 Å². The van der Waals surface area contributed by atoms with E-state index in [-0.39, 0.29) is 5.82 Å². The Labute approximate surface area is 180 Å². The van der Waals surface area contributed by atoms with Crippen LogP contribution >= 0.6 is 0 Å². The van der Waals surface area contributed by atoms with Crippen LogP contribution in [0.4, 0.5) is 21.7 Å². The highest BCUT2D eigenvalue weighted by Gasteiger charge is 2.19. The number of halogens is 1. The Morgan fingerprint density at radius 2 is 1.48 bits per heavy atom. The van der Waals surface area contributed by atoms with Gasteiger partial charge >= 0.3 is 0 Å². The van der Waals surface area contributed by atoms with Gasteiger partial charge in [-0.2, -0.15) is 0 Å². The molecule has 2 aliphatic rings. The lowest BCUT2D eigenvalue weighted by Crippen LogP contribution is -2.37. The molecular weight excluding hydrogens is 397 g/mol. The quantitative estimate of drug-likeness (QED) is 0.677. The fourth-order valence-corrected chi connectivity index (χ4v) is 4.01. The maximum atomic E-state index is 14.8. The molecular formula is C23H26FN5O2. The highest BCUT2D eigenvalue weighted by molar-refractivity contribution is 5.80. The number of anilines is 3. The highest BCUT2D eigenvalue weighted by atomic mass is 19.1. The molecule has 2 aliphatic heterocycles. The predicted molar refractivity (Wildman–Crippen MR) is 119 cm³/mol. The van der Waals surface area contributed by atoms with Gasteiger partial charge in [-0.15, -0.1) is 0 Å². The topological polar surface area (TPSA) is 62.8 Å². The maximum Gasteiger partial charge on any atom is 0.172 e. The molecule has 0 saturated carbocycles. The molecule has 0 atom stereocenters. The van der Waals surface area contributed by atoms with Crippen LogP contribution in [0.5, 0.6) is 0 Å². The van der Waals surface area contributed by atoms with Gasteiger partial charge < -0.3 is 24.6 Å². The minimum atomic E-state index is -0.209. The SMILES string of the molecule is Fc1cc(CNc2nc3ccccc3nc2N2CCOCC2)ccc1N1CCOCC1. The Hall–Kier alpha value is -2.97. The second-order valence-corrected chi connectivity index (χ2v) is 7.72. The molecule has 2 aromatic carbocycles. The summed E-state index contributed by atoms with van der Waals surface area (Å²) < 4.78 is 25.6. The van der Waals surface area contributed by atoms with E-state index in [4.69, 9.17) is 19.4 Å². The third-order valence-corrected chi connectivity index (χ3v) is 5.69. The van der Waals surface area contributed by atoms with Gasteiger partial charge in [0.25, 0.3) is 0 Å². The number of aromatic nitrogens is 2. The summed E-state index contributed by atoms with van der Waals surface area (Å²) in [6.07, 6.45) is 0. The zero-order valence-electron chi connectivity index (χ0n) is 17.4. The molecule has 3 aromatic rings. The van der Waals surface area contributed by atoms with E-state index in [0.717, 1.165) is 35.5 Å². The number of ether oxygens (including phenoxy) is 2. The van der Waals surface area contributed by atoms with Crippen molar-refractivity contribution in [3.8, 4) is 0 Å². The van der Waals surface area contributed by atoms with Crippen molar-refractivity contribution in [1.82, 2.24) is 9.97 Å². The zero-order chi connectivity index (χ0) is 21.0. The number of para-hydroxylation sites is 2. The molecule has 162 valence electrons. The largest absolute Gasteiger partial charge is 0.378 e. The summed E-state index contributed by atoms with van der Waals surface area (Å²) in [4.78, 5) is 13.9. The number of morpholine rings is 2. The molecule has 0 amide bonds. The molecule has 0 spiro atoms. The van der Waals surface area contributed by atoms with Gasteiger partial charge in [0.1, 0.15) is 5.82 Å². The fraction of sp³-hybridized carbons (Fsp3) is 0.391. The summed E-state index contributed by atoms with van der Waals surface area (Å²) >= 11 is 0. The molecule has 0 aliphatic carbocycles. The summed E-state index contributed by atoms with van der Waals surface area (Å²) in [5.41, 5.74) is 3.18. The highest BCUT2D eigenvalue weighted by Crippen LogP contribution is 2.27.